The maximum absolute atomic E-state index is 12.0. The predicted molar refractivity (Wildman–Crippen MR) is 83.8 cm³/mol. The Bertz CT molecular complexity index is 738. The Labute approximate surface area is 134 Å². The maximum atomic E-state index is 12.0. The van der Waals surface area contributed by atoms with Gasteiger partial charge in [0.25, 0.3) is 0 Å². The standard InChI is InChI=1S/C17H19N3O3/c1-20-10-12(9-18-20)15(21)6-7-16(22)19-14-8-11-4-2-3-5-13(11)17(14)23/h2-5,9-10,14,17,23H,6-8H2,1H3,(H,19,22)/t14-,17-/m1/s1. The number of hydrogen-bond acceptors (Lipinski definition) is 4. The van der Waals surface area contributed by atoms with Crippen LogP contribution in [0.25, 0.3) is 0 Å². The van der Waals surface area contributed by atoms with Gasteiger partial charge in [-0.25, -0.2) is 0 Å². The molecule has 2 aromatic rings. The molecule has 3 rings (SSSR count). The summed E-state index contributed by atoms with van der Waals surface area (Å²) in [6, 6.07) is 7.30. The van der Waals surface area contributed by atoms with Gasteiger partial charge < -0.3 is 10.4 Å². The fraction of sp³-hybridized carbons (Fsp3) is 0.353. The van der Waals surface area contributed by atoms with Gasteiger partial charge in [0.2, 0.25) is 5.91 Å². The van der Waals surface area contributed by atoms with Gasteiger partial charge in [0.1, 0.15) is 0 Å². The Kier molecular flexibility index (Phi) is 4.25. The molecule has 6 heteroatoms. The van der Waals surface area contributed by atoms with Crippen molar-refractivity contribution in [3.8, 4) is 0 Å². The Morgan fingerprint density at radius 2 is 2.13 bits per heavy atom. The Morgan fingerprint density at radius 1 is 1.35 bits per heavy atom. The molecule has 120 valence electrons. The molecule has 0 saturated carbocycles. The van der Waals surface area contributed by atoms with Gasteiger partial charge in [-0.15, -0.1) is 0 Å². The maximum Gasteiger partial charge on any atom is 0.220 e. The lowest BCUT2D eigenvalue weighted by molar-refractivity contribution is -0.122. The van der Waals surface area contributed by atoms with E-state index < -0.39 is 6.10 Å². The Hall–Kier alpha value is -2.47. The lowest BCUT2D eigenvalue weighted by Gasteiger charge is -2.16. The van der Waals surface area contributed by atoms with Crippen LogP contribution in [0.2, 0.25) is 0 Å². The molecule has 6 nitrogen and oxygen atoms in total. The van der Waals surface area contributed by atoms with Crippen LogP contribution in [-0.2, 0) is 18.3 Å². The fourth-order valence-electron chi connectivity index (χ4n) is 2.92. The molecule has 1 amide bonds. The number of benzene rings is 1. The second-order valence-corrected chi connectivity index (χ2v) is 5.85. The van der Waals surface area contributed by atoms with Crippen molar-refractivity contribution in [1.82, 2.24) is 15.1 Å². The molecule has 1 aromatic heterocycles. The average Bonchev–Trinajstić information content (AvgIpc) is 3.10. The molecule has 1 aliphatic carbocycles. The second-order valence-electron chi connectivity index (χ2n) is 5.85. The number of hydrogen-bond donors (Lipinski definition) is 2. The molecular formula is C17H19N3O3. The Balaban J connectivity index is 1.52. The van der Waals surface area contributed by atoms with Crippen molar-refractivity contribution in [2.75, 3.05) is 0 Å². The van der Waals surface area contributed by atoms with E-state index in [4.69, 9.17) is 0 Å². The first-order chi connectivity index (χ1) is 11.0. The summed E-state index contributed by atoms with van der Waals surface area (Å²) in [5.41, 5.74) is 2.43. The molecule has 23 heavy (non-hydrogen) atoms. The molecule has 0 bridgehead atoms. The average molecular weight is 313 g/mol. The monoisotopic (exact) mass is 313 g/mol. The van der Waals surface area contributed by atoms with Crippen molar-refractivity contribution in [2.24, 2.45) is 7.05 Å². The zero-order valence-electron chi connectivity index (χ0n) is 12.9. The van der Waals surface area contributed by atoms with Crippen LogP contribution >= 0.6 is 0 Å². The minimum absolute atomic E-state index is 0.104. The number of fused-ring (bicyclic) bond motifs is 1. The molecule has 0 unspecified atom stereocenters. The lowest BCUT2D eigenvalue weighted by Crippen LogP contribution is -2.37. The SMILES string of the molecule is Cn1cc(C(=O)CCC(=O)N[C@@H]2Cc3ccccc3[C@H]2O)cn1. The number of aryl methyl sites for hydroxylation is 1. The number of carbonyl (C=O) groups excluding carboxylic acids is 2. The van der Waals surface area contributed by atoms with Crippen molar-refractivity contribution >= 4 is 11.7 Å². The fourth-order valence-corrected chi connectivity index (χ4v) is 2.92. The van der Waals surface area contributed by atoms with E-state index in [2.05, 4.69) is 10.4 Å². The summed E-state index contributed by atoms with van der Waals surface area (Å²) in [6.07, 6.45) is 3.29. The van der Waals surface area contributed by atoms with Crippen LogP contribution in [0.4, 0.5) is 0 Å². The first kappa shape index (κ1) is 15.4. The molecule has 2 N–H and O–H groups in total. The molecule has 0 aliphatic heterocycles. The lowest BCUT2D eigenvalue weighted by atomic mass is 10.1. The normalized spacial score (nSPS) is 19.4. The van der Waals surface area contributed by atoms with E-state index in [1.165, 1.54) is 6.20 Å². The molecule has 1 aromatic carbocycles. The third-order valence-corrected chi connectivity index (χ3v) is 4.15. The van der Waals surface area contributed by atoms with E-state index in [0.717, 1.165) is 11.1 Å². The summed E-state index contributed by atoms with van der Waals surface area (Å²) < 4.78 is 1.55. The quantitative estimate of drug-likeness (QED) is 0.811. The predicted octanol–water partition coefficient (Wildman–Crippen LogP) is 1.16. The third kappa shape index (κ3) is 3.32. The van der Waals surface area contributed by atoms with Gasteiger partial charge in [-0.05, 0) is 17.5 Å². The number of rotatable bonds is 5. The topological polar surface area (TPSA) is 84.2 Å². The molecule has 0 fully saturated rings. The first-order valence-electron chi connectivity index (χ1n) is 7.61. The van der Waals surface area contributed by atoms with Gasteiger partial charge >= 0.3 is 0 Å². The molecule has 1 aliphatic rings. The first-order valence-corrected chi connectivity index (χ1v) is 7.61. The van der Waals surface area contributed by atoms with E-state index in [9.17, 15) is 14.7 Å². The van der Waals surface area contributed by atoms with Crippen molar-refractivity contribution in [2.45, 2.75) is 31.4 Å². The van der Waals surface area contributed by atoms with Crippen LogP contribution in [0.1, 0.15) is 40.4 Å². The van der Waals surface area contributed by atoms with E-state index in [1.54, 1.807) is 17.9 Å². The molecule has 1 heterocycles. The molecule has 0 radical (unpaired) electrons. The molecule has 2 atom stereocenters. The van der Waals surface area contributed by atoms with E-state index in [1.807, 2.05) is 24.3 Å². The van der Waals surface area contributed by atoms with Crippen molar-refractivity contribution < 1.29 is 14.7 Å². The van der Waals surface area contributed by atoms with Crippen LogP contribution < -0.4 is 5.32 Å². The largest absolute Gasteiger partial charge is 0.386 e. The third-order valence-electron chi connectivity index (χ3n) is 4.15. The van der Waals surface area contributed by atoms with Gasteiger partial charge in [0, 0.05) is 26.1 Å². The van der Waals surface area contributed by atoms with Crippen molar-refractivity contribution in [3.05, 3.63) is 53.3 Å². The molecular weight excluding hydrogens is 294 g/mol. The van der Waals surface area contributed by atoms with Crippen molar-refractivity contribution in [3.63, 3.8) is 0 Å². The summed E-state index contributed by atoms with van der Waals surface area (Å²) in [5, 5.41) is 17.0. The van der Waals surface area contributed by atoms with Crippen LogP contribution in [0.15, 0.2) is 36.7 Å². The van der Waals surface area contributed by atoms with Gasteiger partial charge in [-0.1, -0.05) is 24.3 Å². The number of Topliss-reactive ketones (excluding diaryl/α,β-unsaturated/α-hetero) is 1. The van der Waals surface area contributed by atoms with Gasteiger partial charge in [0.05, 0.1) is 23.9 Å². The molecule has 0 spiro atoms. The zero-order chi connectivity index (χ0) is 16.4. The van der Waals surface area contributed by atoms with Gasteiger partial charge in [-0.3, -0.25) is 14.3 Å². The highest BCUT2D eigenvalue weighted by Gasteiger charge is 2.31. The molecule has 0 saturated heterocycles. The Morgan fingerprint density at radius 3 is 2.83 bits per heavy atom. The zero-order valence-corrected chi connectivity index (χ0v) is 12.9. The highest BCUT2D eigenvalue weighted by Crippen LogP contribution is 2.31. The highest BCUT2D eigenvalue weighted by atomic mass is 16.3. The summed E-state index contributed by atoms with van der Waals surface area (Å²) in [7, 11) is 1.74. The number of aliphatic hydroxyl groups is 1. The summed E-state index contributed by atoms with van der Waals surface area (Å²) in [6.45, 7) is 0. The van der Waals surface area contributed by atoms with E-state index >= 15 is 0 Å². The van der Waals surface area contributed by atoms with Crippen LogP contribution in [-0.4, -0.2) is 32.6 Å². The number of nitrogens with zero attached hydrogens (tertiary/aromatic N) is 2. The van der Waals surface area contributed by atoms with E-state index in [-0.39, 0.29) is 30.6 Å². The van der Waals surface area contributed by atoms with Crippen LogP contribution in [0.5, 0.6) is 0 Å². The number of nitrogens with one attached hydrogen (secondary N) is 1. The highest BCUT2D eigenvalue weighted by molar-refractivity contribution is 5.97. The van der Waals surface area contributed by atoms with Gasteiger partial charge in [-0.2, -0.15) is 5.10 Å². The number of aliphatic hydroxyl groups excluding tert-OH is 1. The number of carbonyl (C=O) groups is 2. The summed E-state index contributed by atoms with van der Waals surface area (Å²) in [4.78, 5) is 24.0. The number of amides is 1. The van der Waals surface area contributed by atoms with Gasteiger partial charge in [0.15, 0.2) is 5.78 Å². The van der Waals surface area contributed by atoms with Crippen LogP contribution in [0.3, 0.4) is 0 Å². The summed E-state index contributed by atoms with van der Waals surface area (Å²) >= 11 is 0. The smallest absolute Gasteiger partial charge is 0.220 e. The van der Waals surface area contributed by atoms with Crippen LogP contribution in [0, 0.1) is 0 Å². The van der Waals surface area contributed by atoms with Crippen molar-refractivity contribution in [1.29, 1.82) is 0 Å². The van der Waals surface area contributed by atoms with E-state index in [0.29, 0.717) is 12.0 Å². The summed E-state index contributed by atoms with van der Waals surface area (Å²) in [5.74, 6) is -0.331. The minimum atomic E-state index is -0.691. The second kappa shape index (κ2) is 6.34. The number of aromatic nitrogens is 2. The number of ketones is 1. The minimum Gasteiger partial charge on any atom is -0.386 e.